The molecular formula is C12H14N4O2. The number of hydrogen-bond acceptors (Lipinski definition) is 6. The van der Waals surface area contributed by atoms with Gasteiger partial charge in [-0.2, -0.15) is 0 Å². The van der Waals surface area contributed by atoms with Crippen molar-refractivity contribution in [2.75, 3.05) is 36.9 Å². The second-order valence-corrected chi connectivity index (χ2v) is 4.11. The van der Waals surface area contributed by atoms with Crippen molar-refractivity contribution in [3.8, 4) is 11.5 Å². The highest BCUT2D eigenvalue weighted by atomic mass is 16.5. The molecule has 0 unspecified atom stereocenters. The van der Waals surface area contributed by atoms with Crippen molar-refractivity contribution in [2.24, 2.45) is 0 Å². The smallest absolute Gasteiger partial charge is 0.318 e. The quantitative estimate of drug-likeness (QED) is 0.801. The number of nitrogens with two attached hydrogens (primary N) is 1. The monoisotopic (exact) mass is 246 g/mol. The van der Waals surface area contributed by atoms with E-state index in [1.807, 2.05) is 29.2 Å². The minimum Gasteiger partial charge on any atom is -0.403 e. The Morgan fingerprint density at radius 1 is 1.17 bits per heavy atom. The molecule has 6 heteroatoms. The van der Waals surface area contributed by atoms with Gasteiger partial charge in [-0.05, 0) is 18.2 Å². The normalized spacial score (nSPS) is 15.9. The summed E-state index contributed by atoms with van der Waals surface area (Å²) in [6.07, 6.45) is 0. The molecule has 1 fully saturated rings. The third kappa shape index (κ3) is 2.14. The Morgan fingerprint density at radius 2 is 2.00 bits per heavy atom. The van der Waals surface area contributed by atoms with Crippen molar-refractivity contribution in [1.29, 1.82) is 0 Å². The van der Waals surface area contributed by atoms with Crippen LogP contribution in [0.15, 0.2) is 28.7 Å². The van der Waals surface area contributed by atoms with Crippen LogP contribution in [0.2, 0.25) is 0 Å². The Hall–Kier alpha value is -2.08. The minimum absolute atomic E-state index is 0.490. The molecule has 1 saturated heterocycles. The van der Waals surface area contributed by atoms with Crippen LogP contribution >= 0.6 is 0 Å². The molecule has 0 aliphatic carbocycles. The van der Waals surface area contributed by atoms with Crippen LogP contribution in [0.4, 0.5) is 11.7 Å². The molecule has 0 atom stereocenters. The van der Waals surface area contributed by atoms with Crippen molar-refractivity contribution in [1.82, 2.24) is 10.2 Å². The standard InChI is InChI=1S/C12H14N4O2/c13-10-3-1-2-9(8-10)11-14-15-12(18-11)16-4-6-17-7-5-16/h1-3,8H,4-7,13H2. The maximum absolute atomic E-state index is 5.73. The highest BCUT2D eigenvalue weighted by Gasteiger charge is 2.17. The number of nitrogen functional groups attached to an aromatic ring is 1. The SMILES string of the molecule is Nc1cccc(-c2nnc(N3CCOCC3)o2)c1. The summed E-state index contributed by atoms with van der Waals surface area (Å²) in [4.78, 5) is 2.02. The van der Waals surface area contributed by atoms with E-state index in [-0.39, 0.29) is 0 Å². The van der Waals surface area contributed by atoms with Crippen LogP contribution in [0.1, 0.15) is 0 Å². The van der Waals surface area contributed by atoms with Crippen LogP contribution < -0.4 is 10.6 Å². The van der Waals surface area contributed by atoms with Crippen molar-refractivity contribution < 1.29 is 9.15 Å². The van der Waals surface area contributed by atoms with E-state index in [0.717, 1.165) is 18.7 Å². The van der Waals surface area contributed by atoms with Crippen LogP contribution in [-0.2, 0) is 4.74 Å². The second kappa shape index (κ2) is 4.66. The number of morpholine rings is 1. The van der Waals surface area contributed by atoms with E-state index in [0.29, 0.717) is 30.8 Å². The lowest BCUT2D eigenvalue weighted by molar-refractivity contribution is 0.120. The zero-order chi connectivity index (χ0) is 12.4. The van der Waals surface area contributed by atoms with Crippen LogP contribution in [-0.4, -0.2) is 36.5 Å². The predicted molar refractivity (Wildman–Crippen MR) is 67.2 cm³/mol. The first-order valence-corrected chi connectivity index (χ1v) is 5.85. The number of aromatic nitrogens is 2. The van der Waals surface area contributed by atoms with Crippen molar-refractivity contribution in [2.45, 2.75) is 0 Å². The topological polar surface area (TPSA) is 77.4 Å². The Labute approximate surface area is 104 Å². The zero-order valence-corrected chi connectivity index (χ0v) is 9.87. The molecule has 2 heterocycles. The second-order valence-electron chi connectivity index (χ2n) is 4.11. The third-order valence-electron chi connectivity index (χ3n) is 2.83. The van der Waals surface area contributed by atoms with Gasteiger partial charge in [-0.3, -0.25) is 0 Å². The summed E-state index contributed by atoms with van der Waals surface area (Å²) in [7, 11) is 0. The molecule has 0 bridgehead atoms. The number of benzene rings is 1. The molecule has 1 aromatic heterocycles. The number of hydrogen-bond donors (Lipinski definition) is 1. The summed E-state index contributed by atoms with van der Waals surface area (Å²) in [6, 6.07) is 7.94. The van der Waals surface area contributed by atoms with Gasteiger partial charge in [0.25, 0.3) is 0 Å². The summed E-state index contributed by atoms with van der Waals surface area (Å²) >= 11 is 0. The van der Waals surface area contributed by atoms with Crippen molar-refractivity contribution in [3.63, 3.8) is 0 Å². The fraction of sp³-hybridized carbons (Fsp3) is 0.333. The van der Waals surface area contributed by atoms with E-state index in [4.69, 9.17) is 14.9 Å². The van der Waals surface area contributed by atoms with E-state index >= 15 is 0 Å². The molecule has 1 aliphatic rings. The maximum atomic E-state index is 5.73. The van der Waals surface area contributed by atoms with Gasteiger partial charge in [-0.1, -0.05) is 11.2 Å². The van der Waals surface area contributed by atoms with Gasteiger partial charge in [-0.15, -0.1) is 5.10 Å². The largest absolute Gasteiger partial charge is 0.403 e. The van der Waals surface area contributed by atoms with E-state index in [2.05, 4.69) is 10.2 Å². The molecule has 0 saturated carbocycles. The van der Waals surface area contributed by atoms with Crippen molar-refractivity contribution >= 4 is 11.7 Å². The highest BCUT2D eigenvalue weighted by molar-refractivity contribution is 5.59. The van der Waals surface area contributed by atoms with E-state index in [1.165, 1.54) is 0 Å². The molecule has 0 radical (unpaired) electrons. The molecule has 18 heavy (non-hydrogen) atoms. The fourth-order valence-electron chi connectivity index (χ4n) is 1.89. The molecule has 0 amide bonds. The average molecular weight is 246 g/mol. The Balaban J connectivity index is 1.84. The summed E-state index contributed by atoms with van der Waals surface area (Å²) in [5, 5.41) is 8.11. The van der Waals surface area contributed by atoms with Crippen LogP contribution in [0.3, 0.4) is 0 Å². The molecule has 3 rings (SSSR count). The Bertz CT molecular complexity index is 534. The minimum atomic E-state index is 0.490. The van der Waals surface area contributed by atoms with Crippen LogP contribution in [0.5, 0.6) is 0 Å². The van der Waals surface area contributed by atoms with Gasteiger partial charge in [0.15, 0.2) is 0 Å². The lowest BCUT2D eigenvalue weighted by Crippen LogP contribution is -2.36. The molecule has 1 aromatic carbocycles. The van der Waals surface area contributed by atoms with Crippen LogP contribution in [0.25, 0.3) is 11.5 Å². The summed E-state index contributed by atoms with van der Waals surface area (Å²) in [6.45, 7) is 2.93. The van der Waals surface area contributed by atoms with Gasteiger partial charge in [0.2, 0.25) is 5.89 Å². The van der Waals surface area contributed by atoms with E-state index in [9.17, 15) is 0 Å². The van der Waals surface area contributed by atoms with Gasteiger partial charge >= 0.3 is 6.01 Å². The first-order chi connectivity index (χ1) is 8.83. The molecule has 2 N–H and O–H groups in total. The zero-order valence-electron chi connectivity index (χ0n) is 9.87. The summed E-state index contributed by atoms with van der Waals surface area (Å²) in [5.41, 5.74) is 7.24. The lowest BCUT2D eigenvalue weighted by atomic mass is 10.2. The Morgan fingerprint density at radius 3 is 2.78 bits per heavy atom. The Kier molecular flexibility index (Phi) is 2.85. The van der Waals surface area contributed by atoms with Gasteiger partial charge in [0.1, 0.15) is 0 Å². The lowest BCUT2D eigenvalue weighted by Gasteiger charge is -2.24. The van der Waals surface area contributed by atoms with Crippen molar-refractivity contribution in [3.05, 3.63) is 24.3 Å². The first kappa shape index (κ1) is 11.0. The first-order valence-electron chi connectivity index (χ1n) is 5.85. The van der Waals surface area contributed by atoms with E-state index < -0.39 is 0 Å². The van der Waals surface area contributed by atoms with Gasteiger partial charge in [0, 0.05) is 24.3 Å². The number of nitrogens with zero attached hydrogens (tertiary/aromatic N) is 3. The van der Waals surface area contributed by atoms with Gasteiger partial charge < -0.3 is 19.8 Å². The summed E-state index contributed by atoms with van der Waals surface area (Å²) < 4.78 is 10.9. The molecular weight excluding hydrogens is 232 g/mol. The third-order valence-corrected chi connectivity index (χ3v) is 2.83. The molecule has 1 aliphatic heterocycles. The van der Waals surface area contributed by atoms with Gasteiger partial charge in [-0.25, -0.2) is 0 Å². The summed E-state index contributed by atoms with van der Waals surface area (Å²) in [5.74, 6) is 0.490. The van der Waals surface area contributed by atoms with E-state index in [1.54, 1.807) is 0 Å². The number of rotatable bonds is 2. The average Bonchev–Trinajstić information content (AvgIpc) is 2.89. The molecule has 0 spiro atoms. The number of anilines is 2. The molecule has 2 aromatic rings. The number of ether oxygens (including phenoxy) is 1. The molecule has 6 nitrogen and oxygen atoms in total. The fourth-order valence-corrected chi connectivity index (χ4v) is 1.89. The van der Waals surface area contributed by atoms with Gasteiger partial charge in [0.05, 0.1) is 13.2 Å². The molecule has 94 valence electrons. The maximum Gasteiger partial charge on any atom is 0.318 e. The predicted octanol–water partition coefficient (Wildman–Crippen LogP) is 1.16. The highest BCUT2D eigenvalue weighted by Crippen LogP contribution is 2.23. The van der Waals surface area contributed by atoms with Crippen LogP contribution in [0, 0.1) is 0 Å².